The highest BCUT2D eigenvalue weighted by atomic mass is 16.2. The predicted octanol–water partition coefficient (Wildman–Crippen LogP) is 2.65. The summed E-state index contributed by atoms with van der Waals surface area (Å²) in [5, 5.41) is 5.65. The molecule has 0 spiro atoms. The summed E-state index contributed by atoms with van der Waals surface area (Å²) in [6.45, 7) is 1.88. The first-order valence-corrected chi connectivity index (χ1v) is 6.70. The second kappa shape index (κ2) is 6.70. The van der Waals surface area contributed by atoms with Crippen molar-refractivity contribution in [1.82, 2.24) is 5.32 Å². The molecule has 104 valence electrons. The fourth-order valence-electron chi connectivity index (χ4n) is 1.64. The minimum absolute atomic E-state index is 0.0571. The summed E-state index contributed by atoms with van der Waals surface area (Å²) in [5.74, 6) is -0.253. The van der Waals surface area contributed by atoms with Crippen molar-refractivity contribution in [3.63, 3.8) is 0 Å². The van der Waals surface area contributed by atoms with Gasteiger partial charge >= 0.3 is 0 Å². The summed E-state index contributed by atoms with van der Waals surface area (Å²) in [5.41, 5.74) is 1.28. The average Bonchev–Trinajstić information content (AvgIpc) is 3.24. The molecule has 0 unspecified atom stereocenters. The smallest absolute Gasteiger partial charge is 0.251 e. The number of carbonyl (C=O) groups is 2. The van der Waals surface area contributed by atoms with E-state index in [4.69, 9.17) is 0 Å². The number of allylic oxidation sites excluding steroid dienone is 3. The van der Waals surface area contributed by atoms with Crippen LogP contribution < -0.4 is 10.6 Å². The van der Waals surface area contributed by atoms with Crippen LogP contribution in [0, 0.1) is 0 Å². The molecule has 0 saturated heterocycles. The minimum Gasteiger partial charge on any atom is -0.349 e. The minimum atomic E-state index is -0.196. The zero-order valence-electron chi connectivity index (χ0n) is 11.4. The maximum atomic E-state index is 11.8. The SMILES string of the molecule is C/C=C/C=C/C(=O)Nc1ccc(C(=O)NC2CC2)cc1. The predicted molar refractivity (Wildman–Crippen MR) is 79.5 cm³/mol. The van der Waals surface area contributed by atoms with Gasteiger partial charge in [0.2, 0.25) is 5.91 Å². The highest BCUT2D eigenvalue weighted by Gasteiger charge is 2.23. The average molecular weight is 270 g/mol. The molecule has 0 atom stereocenters. The van der Waals surface area contributed by atoms with Crippen LogP contribution in [-0.2, 0) is 4.79 Å². The Morgan fingerprint density at radius 2 is 1.85 bits per heavy atom. The van der Waals surface area contributed by atoms with Gasteiger partial charge in [0.25, 0.3) is 5.91 Å². The molecule has 1 aromatic rings. The molecule has 2 N–H and O–H groups in total. The van der Waals surface area contributed by atoms with Gasteiger partial charge in [0.05, 0.1) is 0 Å². The van der Waals surface area contributed by atoms with Crippen molar-refractivity contribution in [1.29, 1.82) is 0 Å². The second-order valence-corrected chi connectivity index (χ2v) is 4.70. The maximum absolute atomic E-state index is 11.8. The molecule has 1 fully saturated rings. The summed E-state index contributed by atoms with van der Waals surface area (Å²) in [6.07, 6.45) is 8.89. The van der Waals surface area contributed by atoms with Crippen LogP contribution in [0.5, 0.6) is 0 Å². The topological polar surface area (TPSA) is 58.2 Å². The van der Waals surface area contributed by atoms with E-state index >= 15 is 0 Å². The number of amides is 2. The van der Waals surface area contributed by atoms with Gasteiger partial charge < -0.3 is 10.6 Å². The van der Waals surface area contributed by atoms with Crippen molar-refractivity contribution in [2.75, 3.05) is 5.32 Å². The Hall–Kier alpha value is -2.36. The van der Waals surface area contributed by atoms with E-state index < -0.39 is 0 Å². The first-order valence-electron chi connectivity index (χ1n) is 6.70. The van der Waals surface area contributed by atoms with E-state index in [-0.39, 0.29) is 11.8 Å². The van der Waals surface area contributed by atoms with Crippen LogP contribution in [0.1, 0.15) is 30.1 Å². The number of anilines is 1. The standard InChI is InChI=1S/C16H18N2O2/c1-2-3-4-5-15(19)17-13-8-6-12(7-9-13)16(20)18-14-10-11-14/h2-9,14H,10-11H2,1H3,(H,17,19)(H,18,20)/b3-2+,5-4+. The van der Waals surface area contributed by atoms with E-state index in [9.17, 15) is 9.59 Å². The molecule has 1 saturated carbocycles. The van der Waals surface area contributed by atoms with Gasteiger partial charge in [-0.15, -0.1) is 0 Å². The van der Waals surface area contributed by atoms with Crippen LogP contribution in [0.4, 0.5) is 5.69 Å². The Morgan fingerprint density at radius 3 is 2.45 bits per heavy atom. The van der Waals surface area contributed by atoms with Gasteiger partial charge in [-0.2, -0.15) is 0 Å². The summed E-state index contributed by atoms with van der Waals surface area (Å²) in [4.78, 5) is 23.3. The molecule has 0 heterocycles. The lowest BCUT2D eigenvalue weighted by molar-refractivity contribution is -0.111. The lowest BCUT2D eigenvalue weighted by Gasteiger charge is -2.05. The lowest BCUT2D eigenvalue weighted by atomic mass is 10.2. The zero-order valence-corrected chi connectivity index (χ0v) is 11.4. The normalized spacial score (nSPS) is 14.7. The van der Waals surface area contributed by atoms with Gasteiger partial charge in [0, 0.05) is 23.4 Å². The van der Waals surface area contributed by atoms with Crippen LogP contribution in [0.3, 0.4) is 0 Å². The number of hydrogen-bond donors (Lipinski definition) is 2. The molecular weight excluding hydrogens is 252 g/mol. The van der Waals surface area contributed by atoms with Gasteiger partial charge in [-0.3, -0.25) is 9.59 Å². The number of nitrogens with one attached hydrogen (secondary N) is 2. The van der Waals surface area contributed by atoms with Crippen molar-refractivity contribution in [2.45, 2.75) is 25.8 Å². The second-order valence-electron chi connectivity index (χ2n) is 4.70. The number of rotatable bonds is 5. The first kappa shape index (κ1) is 14.1. The lowest BCUT2D eigenvalue weighted by Crippen LogP contribution is -2.25. The van der Waals surface area contributed by atoms with Gasteiger partial charge in [-0.1, -0.05) is 18.2 Å². The van der Waals surface area contributed by atoms with E-state index in [0.717, 1.165) is 12.8 Å². The van der Waals surface area contributed by atoms with E-state index in [1.807, 2.05) is 13.0 Å². The highest BCUT2D eigenvalue weighted by Crippen LogP contribution is 2.19. The van der Waals surface area contributed by atoms with E-state index in [1.165, 1.54) is 6.08 Å². The monoisotopic (exact) mass is 270 g/mol. The molecule has 2 amide bonds. The quantitative estimate of drug-likeness (QED) is 0.638. The fraction of sp³-hybridized carbons (Fsp3) is 0.250. The van der Waals surface area contributed by atoms with Crippen molar-refractivity contribution >= 4 is 17.5 Å². The van der Waals surface area contributed by atoms with Crippen LogP contribution in [0.15, 0.2) is 48.6 Å². The Balaban J connectivity index is 1.90. The third kappa shape index (κ3) is 4.39. The highest BCUT2D eigenvalue weighted by molar-refractivity contribution is 6.00. The van der Waals surface area contributed by atoms with Crippen molar-refractivity contribution in [2.24, 2.45) is 0 Å². The molecule has 4 heteroatoms. The van der Waals surface area contributed by atoms with Crippen LogP contribution in [0.2, 0.25) is 0 Å². The molecule has 20 heavy (non-hydrogen) atoms. The summed E-state index contributed by atoms with van der Waals surface area (Å²) in [7, 11) is 0. The maximum Gasteiger partial charge on any atom is 0.251 e. The van der Waals surface area contributed by atoms with E-state index in [1.54, 1.807) is 36.4 Å². The largest absolute Gasteiger partial charge is 0.349 e. The molecule has 0 aromatic heterocycles. The summed E-state index contributed by atoms with van der Waals surface area (Å²) >= 11 is 0. The van der Waals surface area contributed by atoms with Gasteiger partial charge in [0.15, 0.2) is 0 Å². The molecular formula is C16H18N2O2. The van der Waals surface area contributed by atoms with E-state index in [2.05, 4.69) is 10.6 Å². The van der Waals surface area contributed by atoms with Crippen LogP contribution in [-0.4, -0.2) is 17.9 Å². The van der Waals surface area contributed by atoms with Crippen molar-refractivity contribution < 1.29 is 9.59 Å². The van der Waals surface area contributed by atoms with E-state index in [0.29, 0.717) is 17.3 Å². The Bertz CT molecular complexity index is 540. The molecule has 0 aliphatic heterocycles. The molecule has 1 aliphatic carbocycles. The van der Waals surface area contributed by atoms with Crippen molar-refractivity contribution in [3.05, 3.63) is 54.1 Å². The summed E-state index contributed by atoms with van der Waals surface area (Å²) < 4.78 is 0. The van der Waals surface area contributed by atoms with Crippen molar-refractivity contribution in [3.8, 4) is 0 Å². The van der Waals surface area contributed by atoms with Gasteiger partial charge in [0.1, 0.15) is 0 Å². The Morgan fingerprint density at radius 1 is 1.15 bits per heavy atom. The summed E-state index contributed by atoms with van der Waals surface area (Å²) in [6, 6.07) is 7.22. The third-order valence-electron chi connectivity index (χ3n) is 2.88. The Labute approximate surface area is 118 Å². The zero-order chi connectivity index (χ0) is 14.4. The number of carbonyl (C=O) groups excluding carboxylic acids is 2. The van der Waals surface area contributed by atoms with Crippen LogP contribution in [0.25, 0.3) is 0 Å². The third-order valence-corrected chi connectivity index (χ3v) is 2.88. The van der Waals surface area contributed by atoms with Gasteiger partial charge in [-0.05, 0) is 44.0 Å². The molecule has 1 aromatic carbocycles. The molecule has 4 nitrogen and oxygen atoms in total. The first-order chi connectivity index (χ1) is 9.69. The molecule has 0 radical (unpaired) electrons. The molecule has 1 aliphatic rings. The fourth-order valence-corrected chi connectivity index (χ4v) is 1.64. The number of hydrogen-bond acceptors (Lipinski definition) is 2. The Kier molecular flexibility index (Phi) is 4.71. The van der Waals surface area contributed by atoms with Gasteiger partial charge in [-0.25, -0.2) is 0 Å². The number of benzene rings is 1. The molecule has 2 rings (SSSR count). The van der Waals surface area contributed by atoms with Crippen LogP contribution >= 0.6 is 0 Å². The molecule has 0 bridgehead atoms.